The van der Waals surface area contributed by atoms with Gasteiger partial charge in [0.1, 0.15) is 17.9 Å². The van der Waals surface area contributed by atoms with Crippen LogP contribution in [-0.4, -0.2) is 63.6 Å². The minimum atomic E-state index is -4.12. The predicted octanol–water partition coefficient (Wildman–Crippen LogP) is 0.678. The van der Waals surface area contributed by atoms with Crippen LogP contribution in [0, 0.1) is 5.82 Å². The van der Waals surface area contributed by atoms with Crippen molar-refractivity contribution >= 4 is 50.6 Å². The first-order chi connectivity index (χ1) is 16.1. The van der Waals surface area contributed by atoms with Gasteiger partial charge in [0.05, 0.1) is 24.0 Å². The Morgan fingerprint density at radius 3 is 2.85 bits per heavy atom. The molecule has 16 heteroatoms. The fourth-order valence-corrected chi connectivity index (χ4v) is 5.38. The van der Waals surface area contributed by atoms with Crippen molar-refractivity contribution in [3.8, 4) is 5.13 Å². The van der Waals surface area contributed by atoms with Crippen LogP contribution in [0.1, 0.15) is 11.3 Å². The Morgan fingerprint density at radius 1 is 1.35 bits per heavy atom. The lowest BCUT2D eigenvalue weighted by molar-refractivity contribution is -0.124. The molecule has 34 heavy (non-hydrogen) atoms. The normalized spacial score (nSPS) is 20.1. The lowest BCUT2D eigenvalue weighted by Gasteiger charge is -2.35. The summed E-state index contributed by atoms with van der Waals surface area (Å²) >= 11 is 7.00. The van der Waals surface area contributed by atoms with E-state index in [1.165, 1.54) is 41.4 Å². The number of anilines is 1. The number of likely N-dealkylation sites (N-methyl/N-ethyl adjacent to an activating group) is 1. The summed E-state index contributed by atoms with van der Waals surface area (Å²) in [5.74, 6) is -1.95. The maximum absolute atomic E-state index is 13.4. The van der Waals surface area contributed by atoms with Gasteiger partial charge in [-0.2, -0.15) is 22.1 Å². The molecule has 0 aliphatic carbocycles. The molecule has 12 nitrogen and oxygen atoms in total. The van der Waals surface area contributed by atoms with Crippen LogP contribution in [0.25, 0.3) is 5.13 Å². The van der Waals surface area contributed by atoms with Crippen molar-refractivity contribution in [1.29, 1.82) is 0 Å². The second-order valence-electron chi connectivity index (χ2n) is 7.24. The highest BCUT2D eigenvalue weighted by atomic mass is 35.5. The number of rotatable bonds is 6. The van der Waals surface area contributed by atoms with Crippen LogP contribution >= 0.6 is 22.9 Å². The summed E-state index contributed by atoms with van der Waals surface area (Å²) in [6.07, 6.45) is 4.56. The summed E-state index contributed by atoms with van der Waals surface area (Å²) in [7, 11) is -2.89. The molecule has 3 N–H and O–H groups in total. The second-order valence-corrected chi connectivity index (χ2v) is 10.5. The molecule has 4 rings (SSSR count). The Morgan fingerprint density at radius 2 is 2.15 bits per heavy atom. The largest absolute Gasteiger partial charge is 0.350 e. The van der Waals surface area contributed by atoms with Gasteiger partial charge < -0.3 is 10.6 Å². The molecular formula is C18H18ClFN8O4S2. The average Bonchev–Trinajstić information content (AvgIpc) is 3.48. The predicted molar refractivity (Wildman–Crippen MR) is 121 cm³/mol. The number of nitrogens with one attached hydrogen (secondary N) is 3. The molecule has 2 aromatic heterocycles. The molecule has 1 aromatic carbocycles. The average molecular weight is 529 g/mol. The fraction of sp³-hybridized carbons (Fsp3) is 0.278. The van der Waals surface area contributed by atoms with E-state index < -0.39 is 39.9 Å². The number of thiazole rings is 1. The first kappa shape index (κ1) is 24.2. The highest BCUT2D eigenvalue weighted by molar-refractivity contribution is 7.87. The smallest absolute Gasteiger partial charge is 0.280 e. The van der Waals surface area contributed by atoms with E-state index >= 15 is 0 Å². The van der Waals surface area contributed by atoms with Gasteiger partial charge in [0, 0.05) is 23.8 Å². The molecular weight excluding hydrogens is 511 g/mol. The first-order valence-corrected chi connectivity index (χ1v) is 12.4. The molecule has 0 radical (unpaired) electrons. The third-order valence-corrected chi connectivity index (χ3v) is 7.84. The molecule has 1 saturated heterocycles. The molecule has 2 atom stereocenters. The number of amides is 2. The molecule has 1 aliphatic heterocycles. The summed E-state index contributed by atoms with van der Waals surface area (Å²) in [4.78, 5) is 30.4. The number of benzene rings is 1. The van der Waals surface area contributed by atoms with Crippen molar-refractivity contribution in [2.45, 2.75) is 25.0 Å². The third kappa shape index (κ3) is 5.23. The summed E-state index contributed by atoms with van der Waals surface area (Å²) in [5, 5.41) is 13.1. The molecule has 2 unspecified atom stereocenters. The van der Waals surface area contributed by atoms with Crippen LogP contribution in [-0.2, 0) is 26.3 Å². The van der Waals surface area contributed by atoms with Crippen molar-refractivity contribution in [1.82, 2.24) is 34.3 Å². The van der Waals surface area contributed by atoms with Gasteiger partial charge >= 0.3 is 0 Å². The molecule has 3 aromatic rings. The second kappa shape index (κ2) is 9.71. The Balaban J connectivity index is 1.42. The number of hydrogen-bond donors (Lipinski definition) is 3. The van der Waals surface area contributed by atoms with Gasteiger partial charge in [-0.05, 0) is 24.6 Å². The number of halogens is 2. The van der Waals surface area contributed by atoms with E-state index in [4.69, 9.17) is 11.6 Å². The number of nitrogens with zero attached hydrogens (tertiary/aromatic N) is 5. The van der Waals surface area contributed by atoms with E-state index in [-0.39, 0.29) is 23.7 Å². The Labute approximate surface area is 202 Å². The summed E-state index contributed by atoms with van der Waals surface area (Å²) in [6.45, 7) is 0.101. The van der Waals surface area contributed by atoms with Crippen molar-refractivity contribution < 1.29 is 22.4 Å². The van der Waals surface area contributed by atoms with Gasteiger partial charge in [-0.25, -0.2) is 9.37 Å². The van der Waals surface area contributed by atoms with E-state index in [1.807, 2.05) is 0 Å². The highest BCUT2D eigenvalue weighted by Gasteiger charge is 2.42. The van der Waals surface area contributed by atoms with Gasteiger partial charge in [-0.15, -0.1) is 5.10 Å². The molecule has 0 spiro atoms. The fourth-order valence-electron chi connectivity index (χ4n) is 3.17. The Bertz CT molecular complexity index is 1320. The van der Waals surface area contributed by atoms with Gasteiger partial charge in [0.15, 0.2) is 0 Å². The number of hydrogen-bond acceptors (Lipinski definition) is 8. The SMILES string of the molecule is CN1C(C(=O)Nc2ccc(F)c(Cl)c2)CC(C(=O)NCc2cnc(-n3ccnn3)s2)NS1(=O)=O. The van der Waals surface area contributed by atoms with Crippen molar-refractivity contribution in [2.24, 2.45) is 0 Å². The van der Waals surface area contributed by atoms with Gasteiger partial charge in [-0.3, -0.25) is 9.59 Å². The van der Waals surface area contributed by atoms with Crippen LogP contribution < -0.4 is 15.4 Å². The van der Waals surface area contributed by atoms with Gasteiger partial charge in [-0.1, -0.05) is 28.2 Å². The zero-order valence-corrected chi connectivity index (χ0v) is 19.9. The van der Waals surface area contributed by atoms with Crippen LogP contribution in [0.15, 0.2) is 36.8 Å². The number of carbonyl (C=O) groups excluding carboxylic acids is 2. The van der Waals surface area contributed by atoms with E-state index in [0.717, 1.165) is 10.4 Å². The van der Waals surface area contributed by atoms with Crippen molar-refractivity contribution in [3.05, 3.63) is 52.5 Å². The maximum Gasteiger partial charge on any atom is 0.280 e. The topological polar surface area (TPSA) is 151 Å². The third-order valence-electron chi connectivity index (χ3n) is 4.97. The van der Waals surface area contributed by atoms with Crippen LogP contribution in [0.3, 0.4) is 0 Å². The molecule has 0 bridgehead atoms. The monoisotopic (exact) mass is 528 g/mol. The lowest BCUT2D eigenvalue weighted by atomic mass is 10.1. The summed E-state index contributed by atoms with van der Waals surface area (Å²) in [5.41, 5.74) is 0.190. The van der Waals surface area contributed by atoms with E-state index in [1.54, 1.807) is 12.4 Å². The highest BCUT2D eigenvalue weighted by Crippen LogP contribution is 2.23. The minimum Gasteiger partial charge on any atom is -0.350 e. The molecule has 0 saturated carbocycles. The quantitative estimate of drug-likeness (QED) is 0.425. The van der Waals surface area contributed by atoms with Crippen molar-refractivity contribution in [2.75, 3.05) is 12.4 Å². The molecule has 2 amide bonds. The summed E-state index contributed by atoms with van der Waals surface area (Å²) in [6, 6.07) is 1.20. The van der Waals surface area contributed by atoms with Crippen LogP contribution in [0.4, 0.5) is 10.1 Å². The van der Waals surface area contributed by atoms with Crippen LogP contribution in [0.5, 0.6) is 0 Å². The maximum atomic E-state index is 13.4. The van der Waals surface area contributed by atoms with Crippen molar-refractivity contribution in [3.63, 3.8) is 0 Å². The Kier molecular flexibility index (Phi) is 6.90. The molecule has 180 valence electrons. The van der Waals surface area contributed by atoms with Gasteiger partial charge in [0.2, 0.25) is 16.9 Å². The summed E-state index contributed by atoms with van der Waals surface area (Å²) < 4.78 is 43.0. The number of aromatic nitrogens is 4. The minimum absolute atomic E-state index is 0.101. The molecule has 1 aliphatic rings. The number of carbonyl (C=O) groups is 2. The van der Waals surface area contributed by atoms with Crippen LogP contribution in [0.2, 0.25) is 5.02 Å². The zero-order chi connectivity index (χ0) is 24.5. The molecule has 1 fully saturated rings. The zero-order valence-electron chi connectivity index (χ0n) is 17.5. The van der Waals surface area contributed by atoms with Gasteiger partial charge in [0.25, 0.3) is 10.2 Å². The van der Waals surface area contributed by atoms with E-state index in [0.29, 0.717) is 10.0 Å². The standard InChI is InChI=1S/C18H18ClFN8O4S2/c1-27-15(17(30)24-10-2-3-13(20)12(19)6-10)7-14(25-34(27,31)32)16(29)21-8-11-9-22-18(33-11)28-5-4-23-26-28/h2-6,9,14-15,25H,7-8H2,1H3,(H,21,29)(H,24,30). The first-order valence-electron chi connectivity index (χ1n) is 9.74. The Hall–Kier alpha value is -2.98. The lowest BCUT2D eigenvalue weighted by Crippen LogP contribution is -2.62. The van der Waals surface area contributed by atoms with E-state index in [2.05, 4.69) is 30.7 Å². The van der Waals surface area contributed by atoms with E-state index in [9.17, 15) is 22.4 Å². The molecule has 3 heterocycles.